The zero-order valence-electron chi connectivity index (χ0n) is 15.0. The van der Waals surface area contributed by atoms with E-state index < -0.39 is 11.7 Å². The van der Waals surface area contributed by atoms with E-state index >= 15 is 0 Å². The maximum absolute atomic E-state index is 11.6. The number of piperazine rings is 1. The molecule has 0 aromatic carbocycles. The molecule has 1 aliphatic rings. The fourth-order valence-corrected chi connectivity index (χ4v) is 3.44. The summed E-state index contributed by atoms with van der Waals surface area (Å²) in [5, 5.41) is 12.0. The highest BCUT2D eigenvalue weighted by atomic mass is 32.1. The Morgan fingerprint density at radius 3 is 2.70 bits per heavy atom. The number of nitriles is 1. The smallest absolute Gasteiger partial charge is 0.292 e. The van der Waals surface area contributed by atoms with Crippen molar-refractivity contribution in [1.82, 2.24) is 14.3 Å². The molecule has 0 atom stereocenters. The van der Waals surface area contributed by atoms with E-state index in [1.54, 1.807) is 19.2 Å². The zero-order valence-corrected chi connectivity index (χ0v) is 15.8. The van der Waals surface area contributed by atoms with Gasteiger partial charge in [0.25, 0.3) is 5.91 Å². The number of carbonyl (C=O) groups excluding carboxylic acids is 2. The number of nitrogens with zero attached hydrogens (tertiary/aromatic N) is 5. The summed E-state index contributed by atoms with van der Waals surface area (Å²) in [5.74, 6) is -0.137. The number of pyridine rings is 1. The molecule has 1 saturated heterocycles. The van der Waals surface area contributed by atoms with Crippen molar-refractivity contribution in [3.63, 3.8) is 0 Å². The standard InChI is InChI=1S/C18H20N6O2S/c1-2-15(25)18(26)21-17-9-14(22-27-17)12-23-5-7-24(8-6-23)16-4-3-13(10-19)11-20-16/h3-4,9,11H,2,5-8,12H2,1H3,(H,21,26). The Hall–Kier alpha value is -2.83. The number of nitrogens with one attached hydrogen (secondary N) is 1. The Morgan fingerprint density at radius 1 is 1.30 bits per heavy atom. The van der Waals surface area contributed by atoms with Crippen molar-refractivity contribution < 1.29 is 9.59 Å². The summed E-state index contributed by atoms with van der Waals surface area (Å²) in [6, 6.07) is 7.55. The summed E-state index contributed by atoms with van der Waals surface area (Å²) in [4.78, 5) is 31.8. The molecule has 140 valence electrons. The predicted octanol–water partition coefficient (Wildman–Crippen LogP) is 1.65. The van der Waals surface area contributed by atoms with E-state index in [0.29, 0.717) is 17.1 Å². The second-order valence-electron chi connectivity index (χ2n) is 6.19. The maximum atomic E-state index is 11.6. The number of amides is 1. The molecule has 3 heterocycles. The number of Topliss-reactive ketones (excluding diaryl/α,β-unsaturated/α-hetero) is 1. The lowest BCUT2D eigenvalue weighted by molar-refractivity contribution is -0.134. The monoisotopic (exact) mass is 384 g/mol. The fourth-order valence-electron chi connectivity index (χ4n) is 2.79. The molecule has 1 fully saturated rings. The first kappa shape index (κ1) is 18.9. The van der Waals surface area contributed by atoms with E-state index in [0.717, 1.165) is 37.7 Å². The highest BCUT2D eigenvalue weighted by molar-refractivity contribution is 7.10. The molecule has 0 unspecified atom stereocenters. The van der Waals surface area contributed by atoms with E-state index in [9.17, 15) is 9.59 Å². The molecule has 0 radical (unpaired) electrons. The molecule has 8 nitrogen and oxygen atoms in total. The average Bonchev–Trinajstić information content (AvgIpc) is 3.14. The van der Waals surface area contributed by atoms with Gasteiger partial charge in [0.15, 0.2) is 0 Å². The summed E-state index contributed by atoms with van der Waals surface area (Å²) >= 11 is 1.19. The summed E-state index contributed by atoms with van der Waals surface area (Å²) in [6.45, 7) is 5.79. The van der Waals surface area contributed by atoms with Gasteiger partial charge in [-0.2, -0.15) is 9.64 Å². The third kappa shape index (κ3) is 4.87. The Kier molecular flexibility index (Phi) is 6.11. The minimum Gasteiger partial charge on any atom is -0.354 e. The fraction of sp³-hybridized carbons (Fsp3) is 0.389. The molecule has 1 N–H and O–H groups in total. The van der Waals surface area contributed by atoms with Crippen LogP contribution < -0.4 is 10.2 Å². The lowest BCUT2D eigenvalue weighted by Gasteiger charge is -2.35. The van der Waals surface area contributed by atoms with Crippen molar-refractivity contribution >= 4 is 34.0 Å². The van der Waals surface area contributed by atoms with Crippen LogP contribution in [-0.2, 0) is 16.1 Å². The lowest BCUT2D eigenvalue weighted by Crippen LogP contribution is -2.46. The van der Waals surface area contributed by atoms with Crippen molar-refractivity contribution in [2.24, 2.45) is 0 Å². The number of aromatic nitrogens is 2. The summed E-state index contributed by atoms with van der Waals surface area (Å²) in [5.41, 5.74) is 1.44. The third-order valence-corrected chi connectivity index (χ3v) is 5.07. The van der Waals surface area contributed by atoms with Gasteiger partial charge in [0, 0.05) is 45.3 Å². The molecule has 1 aliphatic heterocycles. The Bertz CT molecular complexity index is 849. The van der Waals surface area contributed by atoms with Gasteiger partial charge in [-0.25, -0.2) is 4.98 Å². The van der Waals surface area contributed by atoms with Crippen LogP contribution in [0.1, 0.15) is 24.6 Å². The van der Waals surface area contributed by atoms with Crippen LogP contribution in [0.5, 0.6) is 0 Å². The van der Waals surface area contributed by atoms with Crippen molar-refractivity contribution in [3.8, 4) is 6.07 Å². The molecule has 0 saturated carbocycles. The predicted molar refractivity (Wildman–Crippen MR) is 102 cm³/mol. The van der Waals surface area contributed by atoms with Gasteiger partial charge >= 0.3 is 0 Å². The van der Waals surface area contributed by atoms with Gasteiger partial charge in [-0.05, 0) is 29.7 Å². The summed E-state index contributed by atoms with van der Waals surface area (Å²) in [7, 11) is 0. The second kappa shape index (κ2) is 8.70. The second-order valence-corrected chi connectivity index (χ2v) is 7.00. The van der Waals surface area contributed by atoms with Crippen LogP contribution in [0.2, 0.25) is 0 Å². The number of rotatable bonds is 6. The highest BCUT2D eigenvalue weighted by Crippen LogP contribution is 2.19. The molecule has 2 aromatic heterocycles. The van der Waals surface area contributed by atoms with Crippen molar-refractivity contribution in [1.29, 1.82) is 5.26 Å². The number of hydrogen-bond acceptors (Lipinski definition) is 8. The van der Waals surface area contributed by atoms with E-state index in [1.165, 1.54) is 11.5 Å². The largest absolute Gasteiger partial charge is 0.354 e. The first-order chi connectivity index (χ1) is 13.1. The van der Waals surface area contributed by atoms with Crippen molar-refractivity contribution in [2.75, 3.05) is 36.4 Å². The van der Waals surface area contributed by atoms with E-state index in [2.05, 4.69) is 30.5 Å². The average molecular weight is 384 g/mol. The zero-order chi connectivity index (χ0) is 19.2. The van der Waals surface area contributed by atoms with Crippen LogP contribution in [0, 0.1) is 11.3 Å². The molecule has 0 aliphatic carbocycles. The van der Waals surface area contributed by atoms with Gasteiger partial charge in [-0.15, -0.1) is 0 Å². The van der Waals surface area contributed by atoms with Crippen molar-refractivity contribution in [2.45, 2.75) is 19.9 Å². The quantitative estimate of drug-likeness (QED) is 0.756. The Morgan fingerprint density at radius 2 is 2.07 bits per heavy atom. The van der Waals surface area contributed by atoms with Gasteiger partial charge in [0.05, 0.1) is 11.3 Å². The highest BCUT2D eigenvalue weighted by Gasteiger charge is 2.19. The van der Waals surface area contributed by atoms with Gasteiger partial charge in [-0.3, -0.25) is 14.5 Å². The minimum absolute atomic E-state index is 0.190. The summed E-state index contributed by atoms with van der Waals surface area (Å²) < 4.78 is 4.36. The molecule has 0 spiro atoms. The minimum atomic E-state index is -0.587. The molecule has 0 bridgehead atoms. The molecule has 1 amide bonds. The van der Waals surface area contributed by atoms with Gasteiger partial charge < -0.3 is 10.2 Å². The summed E-state index contributed by atoms with van der Waals surface area (Å²) in [6.07, 6.45) is 1.78. The maximum Gasteiger partial charge on any atom is 0.292 e. The lowest BCUT2D eigenvalue weighted by atomic mass is 10.2. The molecule has 2 aromatic rings. The number of hydrogen-bond donors (Lipinski definition) is 1. The molecule has 27 heavy (non-hydrogen) atoms. The van der Waals surface area contributed by atoms with Gasteiger partial charge in [0.1, 0.15) is 16.9 Å². The number of carbonyl (C=O) groups is 2. The van der Waals surface area contributed by atoms with Gasteiger partial charge in [0.2, 0.25) is 5.78 Å². The van der Waals surface area contributed by atoms with Crippen LogP contribution in [0.4, 0.5) is 10.8 Å². The van der Waals surface area contributed by atoms with E-state index in [-0.39, 0.29) is 6.42 Å². The van der Waals surface area contributed by atoms with Crippen LogP contribution in [0.3, 0.4) is 0 Å². The van der Waals surface area contributed by atoms with Crippen molar-refractivity contribution in [3.05, 3.63) is 35.7 Å². The topological polar surface area (TPSA) is 102 Å². The number of ketones is 1. The van der Waals surface area contributed by atoms with Crippen LogP contribution in [-0.4, -0.2) is 52.1 Å². The SMILES string of the molecule is CCC(=O)C(=O)Nc1cc(CN2CCN(c3ccc(C#N)cn3)CC2)ns1. The first-order valence-electron chi connectivity index (χ1n) is 8.72. The molecular weight excluding hydrogens is 364 g/mol. The van der Waals surface area contributed by atoms with E-state index in [1.807, 2.05) is 12.1 Å². The van der Waals surface area contributed by atoms with Gasteiger partial charge in [-0.1, -0.05) is 6.92 Å². The number of anilines is 2. The Labute approximate surface area is 161 Å². The third-order valence-electron chi connectivity index (χ3n) is 4.33. The molecule has 3 rings (SSSR count). The Balaban J connectivity index is 1.50. The molecular formula is C18H20N6O2S. The molecule has 9 heteroatoms. The normalized spacial score (nSPS) is 14.6. The van der Waals surface area contributed by atoms with Crippen LogP contribution in [0.15, 0.2) is 24.4 Å². The van der Waals surface area contributed by atoms with E-state index in [4.69, 9.17) is 5.26 Å². The van der Waals surface area contributed by atoms with Crippen LogP contribution in [0.25, 0.3) is 0 Å². The first-order valence-corrected chi connectivity index (χ1v) is 9.49. The van der Waals surface area contributed by atoms with Crippen LogP contribution >= 0.6 is 11.5 Å².